The normalized spacial score (nSPS) is 11.4. The summed E-state index contributed by atoms with van der Waals surface area (Å²) in [6, 6.07) is 6.34. The molecule has 0 bridgehead atoms. The number of aromatic nitrogens is 3. The number of halogens is 2. The molecular formula is C15H13BrFN3. The Kier molecular flexibility index (Phi) is 3.30. The van der Waals surface area contributed by atoms with Crippen LogP contribution in [0, 0.1) is 5.82 Å². The van der Waals surface area contributed by atoms with E-state index in [2.05, 4.69) is 44.7 Å². The van der Waals surface area contributed by atoms with Crippen molar-refractivity contribution in [3.63, 3.8) is 0 Å². The monoisotopic (exact) mass is 333 g/mol. The standard InChI is InChI=1S/C15H13BrFN3/c1-8(2)13-12-11(16)7-18-15(12)20-14(19-13)9-4-3-5-10(17)6-9/h3-8H,1-2H3,(H,18,19,20). The summed E-state index contributed by atoms with van der Waals surface area (Å²) < 4.78 is 14.3. The molecule has 102 valence electrons. The number of nitrogens with zero attached hydrogens (tertiary/aromatic N) is 2. The van der Waals surface area contributed by atoms with Gasteiger partial charge in [-0.15, -0.1) is 0 Å². The second-order valence-electron chi connectivity index (χ2n) is 4.96. The lowest BCUT2D eigenvalue weighted by atomic mass is 10.1. The van der Waals surface area contributed by atoms with Gasteiger partial charge < -0.3 is 4.98 Å². The fraction of sp³-hybridized carbons (Fsp3) is 0.200. The molecule has 3 aromatic rings. The van der Waals surface area contributed by atoms with E-state index in [0.29, 0.717) is 11.4 Å². The molecule has 0 saturated heterocycles. The van der Waals surface area contributed by atoms with E-state index < -0.39 is 0 Å². The molecule has 0 spiro atoms. The Hall–Kier alpha value is -1.75. The van der Waals surface area contributed by atoms with Crippen LogP contribution in [0.1, 0.15) is 25.5 Å². The molecule has 2 aromatic heterocycles. The zero-order chi connectivity index (χ0) is 14.3. The molecule has 0 radical (unpaired) electrons. The number of H-pyrrole nitrogens is 1. The van der Waals surface area contributed by atoms with Gasteiger partial charge in [-0.1, -0.05) is 26.0 Å². The maximum atomic E-state index is 13.4. The van der Waals surface area contributed by atoms with E-state index in [1.54, 1.807) is 6.07 Å². The topological polar surface area (TPSA) is 41.6 Å². The van der Waals surface area contributed by atoms with Crippen molar-refractivity contribution >= 4 is 27.0 Å². The summed E-state index contributed by atoms with van der Waals surface area (Å²) in [6.45, 7) is 4.16. The van der Waals surface area contributed by atoms with Gasteiger partial charge in [-0.05, 0) is 34.0 Å². The number of benzene rings is 1. The van der Waals surface area contributed by atoms with Gasteiger partial charge in [0.2, 0.25) is 0 Å². The quantitative estimate of drug-likeness (QED) is 0.741. The second kappa shape index (κ2) is 4.98. The minimum Gasteiger partial charge on any atom is -0.345 e. The van der Waals surface area contributed by atoms with Gasteiger partial charge in [0.15, 0.2) is 5.82 Å². The van der Waals surface area contributed by atoms with E-state index in [0.717, 1.165) is 21.2 Å². The summed E-state index contributed by atoms with van der Waals surface area (Å²) in [6.07, 6.45) is 1.85. The van der Waals surface area contributed by atoms with Crippen LogP contribution in [0.4, 0.5) is 4.39 Å². The third kappa shape index (κ3) is 2.22. The molecule has 2 heterocycles. The number of nitrogens with one attached hydrogen (secondary N) is 1. The lowest BCUT2D eigenvalue weighted by Gasteiger charge is -2.09. The Bertz CT molecular complexity index is 780. The molecule has 0 unspecified atom stereocenters. The summed E-state index contributed by atoms with van der Waals surface area (Å²) in [5, 5.41) is 0.986. The van der Waals surface area contributed by atoms with Crippen LogP contribution in [0.5, 0.6) is 0 Å². The Morgan fingerprint density at radius 3 is 2.75 bits per heavy atom. The number of rotatable bonds is 2. The van der Waals surface area contributed by atoms with E-state index >= 15 is 0 Å². The molecule has 1 N–H and O–H groups in total. The Morgan fingerprint density at radius 2 is 2.05 bits per heavy atom. The molecule has 0 saturated carbocycles. The smallest absolute Gasteiger partial charge is 0.161 e. The molecule has 1 aromatic carbocycles. The molecular weight excluding hydrogens is 321 g/mol. The molecule has 3 nitrogen and oxygen atoms in total. The first-order valence-electron chi connectivity index (χ1n) is 6.36. The van der Waals surface area contributed by atoms with Crippen molar-refractivity contribution in [2.24, 2.45) is 0 Å². The molecule has 5 heteroatoms. The van der Waals surface area contributed by atoms with Gasteiger partial charge in [0, 0.05) is 16.2 Å². The van der Waals surface area contributed by atoms with Crippen molar-refractivity contribution in [3.8, 4) is 11.4 Å². The van der Waals surface area contributed by atoms with Gasteiger partial charge in [-0.25, -0.2) is 14.4 Å². The van der Waals surface area contributed by atoms with E-state index in [4.69, 9.17) is 0 Å². The first-order valence-corrected chi connectivity index (χ1v) is 7.16. The number of hydrogen-bond donors (Lipinski definition) is 1. The van der Waals surface area contributed by atoms with Crippen LogP contribution >= 0.6 is 15.9 Å². The highest BCUT2D eigenvalue weighted by Crippen LogP contribution is 2.31. The van der Waals surface area contributed by atoms with Crippen molar-refractivity contribution in [1.29, 1.82) is 0 Å². The van der Waals surface area contributed by atoms with Crippen molar-refractivity contribution in [3.05, 3.63) is 46.4 Å². The summed E-state index contributed by atoms with van der Waals surface area (Å²) in [4.78, 5) is 12.2. The van der Waals surface area contributed by atoms with Crippen LogP contribution in [0.3, 0.4) is 0 Å². The van der Waals surface area contributed by atoms with E-state index in [1.807, 2.05) is 12.3 Å². The van der Waals surface area contributed by atoms with Crippen LogP contribution in [0.25, 0.3) is 22.4 Å². The van der Waals surface area contributed by atoms with Gasteiger partial charge in [0.25, 0.3) is 0 Å². The summed E-state index contributed by atoms with van der Waals surface area (Å²) in [7, 11) is 0. The zero-order valence-electron chi connectivity index (χ0n) is 11.1. The van der Waals surface area contributed by atoms with Crippen molar-refractivity contribution < 1.29 is 4.39 Å². The molecule has 3 rings (SSSR count). The largest absolute Gasteiger partial charge is 0.345 e. The SMILES string of the molecule is CC(C)c1nc(-c2cccc(F)c2)nc2[nH]cc(Br)c12. The highest BCUT2D eigenvalue weighted by Gasteiger charge is 2.15. The lowest BCUT2D eigenvalue weighted by Crippen LogP contribution is -1.99. The highest BCUT2D eigenvalue weighted by molar-refractivity contribution is 9.10. The van der Waals surface area contributed by atoms with Gasteiger partial charge in [-0.3, -0.25) is 0 Å². The van der Waals surface area contributed by atoms with Gasteiger partial charge in [0.05, 0.1) is 11.1 Å². The average Bonchev–Trinajstić information content (AvgIpc) is 2.79. The van der Waals surface area contributed by atoms with Crippen LogP contribution < -0.4 is 0 Å². The predicted molar refractivity (Wildman–Crippen MR) is 81.1 cm³/mol. The third-order valence-corrected chi connectivity index (χ3v) is 3.77. The third-order valence-electron chi connectivity index (χ3n) is 3.14. The average molecular weight is 334 g/mol. The first kappa shape index (κ1) is 13.2. The molecule has 0 amide bonds. The summed E-state index contributed by atoms with van der Waals surface area (Å²) in [5.74, 6) is 0.500. The van der Waals surface area contributed by atoms with Crippen LogP contribution in [0.2, 0.25) is 0 Å². The minimum absolute atomic E-state index is 0.250. The van der Waals surface area contributed by atoms with Gasteiger partial charge in [-0.2, -0.15) is 0 Å². The number of fused-ring (bicyclic) bond motifs is 1. The number of hydrogen-bond acceptors (Lipinski definition) is 2. The molecule has 0 aliphatic carbocycles. The maximum absolute atomic E-state index is 13.4. The van der Waals surface area contributed by atoms with E-state index in [9.17, 15) is 4.39 Å². The molecule has 20 heavy (non-hydrogen) atoms. The fourth-order valence-electron chi connectivity index (χ4n) is 2.20. The van der Waals surface area contributed by atoms with E-state index in [1.165, 1.54) is 12.1 Å². The zero-order valence-corrected chi connectivity index (χ0v) is 12.7. The van der Waals surface area contributed by atoms with E-state index in [-0.39, 0.29) is 11.7 Å². The molecule has 0 aliphatic rings. The molecule has 0 aliphatic heterocycles. The second-order valence-corrected chi connectivity index (χ2v) is 5.81. The van der Waals surface area contributed by atoms with Crippen molar-refractivity contribution in [2.45, 2.75) is 19.8 Å². The van der Waals surface area contributed by atoms with Crippen LogP contribution in [0.15, 0.2) is 34.9 Å². The van der Waals surface area contributed by atoms with Gasteiger partial charge in [0.1, 0.15) is 11.5 Å². The molecule has 0 fully saturated rings. The molecule has 0 atom stereocenters. The Morgan fingerprint density at radius 1 is 1.25 bits per heavy atom. The first-order chi connectivity index (χ1) is 9.56. The summed E-state index contributed by atoms with van der Waals surface area (Å²) in [5.41, 5.74) is 2.39. The highest BCUT2D eigenvalue weighted by atomic mass is 79.9. The predicted octanol–water partition coefficient (Wildman–Crippen LogP) is 4.65. The van der Waals surface area contributed by atoms with Crippen LogP contribution in [-0.2, 0) is 0 Å². The fourth-order valence-corrected chi connectivity index (χ4v) is 2.70. The minimum atomic E-state index is -0.287. The van der Waals surface area contributed by atoms with Crippen molar-refractivity contribution in [1.82, 2.24) is 15.0 Å². The number of aromatic amines is 1. The lowest BCUT2D eigenvalue weighted by molar-refractivity contribution is 0.628. The van der Waals surface area contributed by atoms with Crippen molar-refractivity contribution in [2.75, 3.05) is 0 Å². The Balaban J connectivity index is 2.28. The van der Waals surface area contributed by atoms with Crippen LogP contribution in [-0.4, -0.2) is 15.0 Å². The Labute approximate surface area is 124 Å². The van der Waals surface area contributed by atoms with Gasteiger partial charge >= 0.3 is 0 Å². The summed E-state index contributed by atoms with van der Waals surface area (Å²) >= 11 is 3.51. The maximum Gasteiger partial charge on any atom is 0.161 e.